The molecule has 18 heavy (non-hydrogen) atoms. The summed E-state index contributed by atoms with van der Waals surface area (Å²) in [5, 5.41) is 18.1. The molecule has 4 nitrogen and oxygen atoms in total. The molecule has 0 aliphatic carbocycles. The molecule has 0 atom stereocenters. The summed E-state index contributed by atoms with van der Waals surface area (Å²) in [7, 11) is 0. The van der Waals surface area contributed by atoms with Crippen LogP contribution in [0.25, 0.3) is 5.65 Å². The van der Waals surface area contributed by atoms with Crippen LogP contribution in [0.5, 0.6) is 5.75 Å². The molecule has 90 valence electrons. The number of phenolic OH excluding ortho intramolecular Hbond substituents is 1. The highest BCUT2D eigenvalue weighted by molar-refractivity contribution is 5.41. The van der Waals surface area contributed by atoms with E-state index in [0.29, 0.717) is 12.2 Å². The predicted octanol–water partition coefficient (Wildman–Crippen LogP) is 2.33. The average Bonchev–Trinajstić information content (AvgIpc) is 2.77. The molecule has 2 heterocycles. The van der Waals surface area contributed by atoms with E-state index in [9.17, 15) is 5.11 Å². The van der Waals surface area contributed by atoms with Crippen molar-refractivity contribution in [2.24, 2.45) is 0 Å². The topological polar surface area (TPSA) is 50.4 Å². The second-order valence-electron chi connectivity index (χ2n) is 4.28. The lowest BCUT2D eigenvalue weighted by Crippen LogP contribution is -1.99. The summed E-state index contributed by atoms with van der Waals surface area (Å²) in [6.07, 6.45) is 0.568. The maximum Gasteiger partial charge on any atom is 0.160 e. The summed E-state index contributed by atoms with van der Waals surface area (Å²) in [6.45, 7) is 2.02. The van der Waals surface area contributed by atoms with Gasteiger partial charge in [-0.05, 0) is 25.1 Å². The van der Waals surface area contributed by atoms with E-state index in [1.54, 1.807) is 6.07 Å². The van der Waals surface area contributed by atoms with Gasteiger partial charge in [0, 0.05) is 17.7 Å². The quantitative estimate of drug-likeness (QED) is 0.746. The Morgan fingerprint density at radius 2 is 1.89 bits per heavy atom. The highest BCUT2D eigenvalue weighted by atomic mass is 16.3. The number of aromatic hydroxyl groups is 1. The van der Waals surface area contributed by atoms with Gasteiger partial charge in [0.25, 0.3) is 0 Å². The number of aryl methyl sites for hydroxylation is 1. The van der Waals surface area contributed by atoms with Gasteiger partial charge in [0.15, 0.2) is 5.65 Å². The third-order valence-corrected chi connectivity index (χ3v) is 3.03. The highest BCUT2D eigenvalue weighted by Crippen LogP contribution is 2.19. The fourth-order valence-electron chi connectivity index (χ4n) is 2.12. The van der Waals surface area contributed by atoms with E-state index in [0.717, 1.165) is 22.7 Å². The van der Waals surface area contributed by atoms with Crippen molar-refractivity contribution in [2.75, 3.05) is 0 Å². The molecule has 1 aromatic carbocycles. The Labute approximate surface area is 105 Å². The van der Waals surface area contributed by atoms with Gasteiger partial charge < -0.3 is 5.11 Å². The molecule has 3 aromatic rings. The fraction of sp³-hybridized carbons (Fsp3) is 0.143. The van der Waals surface area contributed by atoms with Crippen LogP contribution in [0.4, 0.5) is 0 Å². The minimum absolute atomic E-state index is 0.294. The zero-order valence-electron chi connectivity index (χ0n) is 10.0. The second kappa shape index (κ2) is 4.14. The van der Waals surface area contributed by atoms with Crippen molar-refractivity contribution in [3.05, 3.63) is 59.5 Å². The van der Waals surface area contributed by atoms with Gasteiger partial charge >= 0.3 is 0 Å². The Balaban J connectivity index is 2.09. The van der Waals surface area contributed by atoms with E-state index in [4.69, 9.17) is 0 Å². The molecule has 0 spiro atoms. The summed E-state index contributed by atoms with van der Waals surface area (Å²) >= 11 is 0. The monoisotopic (exact) mass is 239 g/mol. The first kappa shape index (κ1) is 10.8. The van der Waals surface area contributed by atoms with Crippen LogP contribution >= 0.6 is 0 Å². The van der Waals surface area contributed by atoms with Crippen molar-refractivity contribution in [3.8, 4) is 5.75 Å². The molecule has 0 amide bonds. The summed E-state index contributed by atoms with van der Waals surface area (Å²) in [5.74, 6) is 1.13. The van der Waals surface area contributed by atoms with Crippen molar-refractivity contribution < 1.29 is 5.11 Å². The lowest BCUT2D eigenvalue weighted by molar-refractivity contribution is 0.469. The van der Waals surface area contributed by atoms with E-state index in [-0.39, 0.29) is 0 Å². The molecule has 1 N–H and O–H groups in total. The van der Waals surface area contributed by atoms with Crippen molar-refractivity contribution in [3.63, 3.8) is 0 Å². The molecule has 0 fully saturated rings. The molecular formula is C14H13N3O. The van der Waals surface area contributed by atoms with Gasteiger partial charge in [0.2, 0.25) is 0 Å². The van der Waals surface area contributed by atoms with Crippen LogP contribution in [0.3, 0.4) is 0 Å². The summed E-state index contributed by atoms with van der Waals surface area (Å²) < 4.78 is 2.01. The summed E-state index contributed by atoms with van der Waals surface area (Å²) in [6, 6.07) is 13.2. The molecule has 0 radical (unpaired) electrons. The minimum Gasteiger partial charge on any atom is -0.508 e. The maximum absolute atomic E-state index is 9.79. The SMILES string of the molecule is Cc1cccc2nnc(Cc3ccccc3O)n12. The van der Waals surface area contributed by atoms with Crippen LogP contribution in [0.1, 0.15) is 17.1 Å². The lowest BCUT2D eigenvalue weighted by Gasteiger charge is -2.05. The number of nitrogens with zero attached hydrogens (tertiary/aromatic N) is 3. The molecule has 3 rings (SSSR count). The maximum atomic E-state index is 9.79. The summed E-state index contributed by atoms with van der Waals surface area (Å²) in [4.78, 5) is 0. The van der Waals surface area contributed by atoms with E-state index in [1.165, 1.54) is 0 Å². The zero-order chi connectivity index (χ0) is 12.5. The summed E-state index contributed by atoms with van der Waals surface area (Å²) in [5.41, 5.74) is 2.78. The Hall–Kier alpha value is -2.36. The van der Waals surface area contributed by atoms with Crippen LogP contribution in [-0.4, -0.2) is 19.7 Å². The first-order valence-electron chi connectivity index (χ1n) is 5.82. The molecule has 0 bridgehead atoms. The fourth-order valence-corrected chi connectivity index (χ4v) is 2.12. The Morgan fingerprint density at radius 3 is 2.72 bits per heavy atom. The molecule has 2 aromatic heterocycles. The Bertz CT molecular complexity index is 703. The van der Waals surface area contributed by atoms with Crippen LogP contribution in [0, 0.1) is 6.92 Å². The predicted molar refractivity (Wildman–Crippen MR) is 68.6 cm³/mol. The van der Waals surface area contributed by atoms with Crippen LogP contribution in [0.15, 0.2) is 42.5 Å². The number of pyridine rings is 1. The lowest BCUT2D eigenvalue weighted by atomic mass is 10.1. The van der Waals surface area contributed by atoms with Gasteiger partial charge in [0.1, 0.15) is 11.6 Å². The Kier molecular flexibility index (Phi) is 2.48. The van der Waals surface area contributed by atoms with Crippen LogP contribution < -0.4 is 0 Å². The number of para-hydroxylation sites is 1. The molecule has 0 saturated heterocycles. The van der Waals surface area contributed by atoms with Gasteiger partial charge in [0.05, 0.1) is 0 Å². The molecule has 4 heteroatoms. The van der Waals surface area contributed by atoms with Crippen molar-refractivity contribution >= 4 is 5.65 Å². The van der Waals surface area contributed by atoms with Gasteiger partial charge in [-0.25, -0.2) is 0 Å². The number of benzene rings is 1. The van der Waals surface area contributed by atoms with Crippen LogP contribution in [-0.2, 0) is 6.42 Å². The second-order valence-corrected chi connectivity index (χ2v) is 4.28. The number of hydrogen-bond donors (Lipinski definition) is 1. The van der Waals surface area contributed by atoms with Crippen molar-refractivity contribution in [2.45, 2.75) is 13.3 Å². The average molecular weight is 239 g/mol. The number of hydrogen-bond acceptors (Lipinski definition) is 3. The van der Waals surface area contributed by atoms with E-state index in [2.05, 4.69) is 10.2 Å². The number of fused-ring (bicyclic) bond motifs is 1. The standard InChI is InChI=1S/C14H13N3O/c1-10-5-4-8-13-15-16-14(17(10)13)9-11-6-2-3-7-12(11)18/h2-8,18H,9H2,1H3. The van der Waals surface area contributed by atoms with Gasteiger partial charge in [-0.2, -0.15) is 0 Å². The molecule has 0 aliphatic rings. The van der Waals surface area contributed by atoms with E-state index in [1.807, 2.05) is 47.7 Å². The Morgan fingerprint density at radius 1 is 1.06 bits per heavy atom. The largest absolute Gasteiger partial charge is 0.508 e. The number of phenols is 1. The van der Waals surface area contributed by atoms with Crippen LogP contribution in [0.2, 0.25) is 0 Å². The third kappa shape index (κ3) is 1.72. The zero-order valence-corrected chi connectivity index (χ0v) is 10.0. The van der Waals surface area contributed by atoms with E-state index < -0.39 is 0 Å². The van der Waals surface area contributed by atoms with Gasteiger partial charge in [-0.1, -0.05) is 24.3 Å². The smallest absolute Gasteiger partial charge is 0.160 e. The molecular weight excluding hydrogens is 226 g/mol. The van der Waals surface area contributed by atoms with Crippen molar-refractivity contribution in [1.29, 1.82) is 0 Å². The number of aromatic nitrogens is 3. The normalized spacial score (nSPS) is 10.9. The molecule has 0 saturated carbocycles. The van der Waals surface area contributed by atoms with Crippen molar-refractivity contribution in [1.82, 2.24) is 14.6 Å². The minimum atomic E-state index is 0.294. The molecule has 0 unspecified atom stereocenters. The first-order chi connectivity index (χ1) is 8.75. The first-order valence-corrected chi connectivity index (χ1v) is 5.82. The molecule has 0 aliphatic heterocycles. The van der Waals surface area contributed by atoms with E-state index >= 15 is 0 Å². The van der Waals surface area contributed by atoms with Gasteiger partial charge in [-0.15, -0.1) is 10.2 Å². The van der Waals surface area contributed by atoms with Gasteiger partial charge in [-0.3, -0.25) is 4.40 Å². The third-order valence-electron chi connectivity index (χ3n) is 3.03. The highest BCUT2D eigenvalue weighted by Gasteiger charge is 2.09. The number of rotatable bonds is 2.